The average molecular weight is 546 g/mol. The van der Waals surface area contributed by atoms with E-state index in [0.29, 0.717) is 5.69 Å². The number of esters is 1. The first-order valence-electron chi connectivity index (χ1n) is 9.57. The molecule has 2 aliphatic carbocycles. The van der Waals surface area contributed by atoms with Gasteiger partial charge in [0.2, 0.25) is 11.8 Å². The highest BCUT2D eigenvalue weighted by Crippen LogP contribution is 2.60. The van der Waals surface area contributed by atoms with E-state index < -0.39 is 42.2 Å². The minimum atomic E-state index is -1.11. The van der Waals surface area contributed by atoms with Crippen molar-refractivity contribution in [1.29, 1.82) is 0 Å². The number of alkyl halides is 2. The van der Waals surface area contributed by atoms with Crippen LogP contribution in [0.1, 0.15) is 13.3 Å². The maximum atomic E-state index is 12.9. The van der Waals surface area contributed by atoms with Gasteiger partial charge >= 0.3 is 5.97 Å². The Morgan fingerprint density at radius 2 is 1.67 bits per heavy atom. The highest BCUT2D eigenvalue weighted by atomic mass is 79.9. The lowest BCUT2D eigenvalue weighted by atomic mass is 9.81. The van der Waals surface area contributed by atoms with Crippen LogP contribution in [0.2, 0.25) is 0 Å². The first-order chi connectivity index (χ1) is 14.2. The molecule has 0 aromatic heterocycles. The minimum absolute atomic E-state index is 0.0514. The van der Waals surface area contributed by atoms with Crippen molar-refractivity contribution in [3.63, 3.8) is 0 Å². The number of likely N-dealkylation sites (tertiary alicyclic amines) is 1. The van der Waals surface area contributed by atoms with E-state index in [2.05, 4.69) is 37.2 Å². The minimum Gasteiger partial charge on any atom is -0.454 e. The highest BCUT2D eigenvalue weighted by molar-refractivity contribution is 9.12. The zero-order chi connectivity index (χ0) is 21.7. The molecule has 1 aromatic carbocycles. The van der Waals surface area contributed by atoms with Gasteiger partial charge in [-0.25, -0.2) is 9.18 Å². The van der Waals surface area contributed by atoms with Crippen molar-refractivity contribution < 1.29 is 28.3 Å². The zero-order valence-corrected chi connectivity index (χ0v) is 19.1. The molecule has 1 N–H and O–H groups in total. The normalized spacial score (nSPS) is 32.9. The van der Waals surface area contributed by atoms with Gasteiger partial charge in [0.1, 0.15) is 11.9 Å². The quantitative estimate of drug-likeness (QED) is 0.348. The van der Waals surface area contributed by atoms with E-state index in [0.717, 1.165) is 11.3 Å². The number of amides is 3. The summed E-state index contributed by atoms with van der Waals surface area (Å²) >= 11 is 7.23. The summed E-state index contributed by atoms with van der Waals surface area (Å²) in [5.74, 6) is -3.31. The summed E-state index contributed by atoms with van der Waals surface area (Å²) in [6.45, 7) is 0.845. The van der Waals surface area contributed by atoms with Gasteiger partial charge in [-0.1, -0.05) is 31.9 Å². The van der Waals surface area contributed by atoms with Crippen LogP contribution in [0, 0.1) is 29.5 Å². The van der Waals surface area contributed by atoms with E-state index >= 15 is 0 Å². The van der Waals surface area contributed by atoms with Crippen molar-refractivity contribution in [3.05, 3.63) is 30.1 Å². The number of hydrogen-bond acceptors (Lipinski definition) is 5. The van der Waals surface area contributed by atoms with Crippen LogP contribution in [-0.4, -0.2) is 50.9 Å². The van der Waals surface area contributed by atoms with Crippen molar-refractivity contribution in [2.45, 2.75) is 29.0 Å². The molecule has 7 nitrogen and oxygen atoms in total. The van der Waals surface area contributed by atoms with Gasteiger partial charge in [-0.2, -0.15) is 0 Å². The Labute approximate surface area is 188 Å². The second kappa shape index (κ2) is 8.03. The Morgan fingerprint density at radius 3 is 2.20 bits per heavy atom. The zero-order valence-electron chi connectivity index (χ0n) is 15.9. The lowest BCUT2D eigenvalue weighted by molar-refractivity contribution is -0.159. The van der Waals surface area contributed by atoms with E-state index in [9.17, 15) is 23.6 Å². The Balaban J connectivity index is 1.36. The van der Waals surface area contributed by atoms with E-state index in [1.807, 2.05) is 0 Å². The van der Waals surface area contributed by atoms with Crippen molar-refractivity contribution >= 4 is 61.2 Å². The fourth-order valence-electron chi connectivity index (χ4n) is 4.85. The monoisotopic (exact) mass is 544 g/mol. The molecule has 4 rings (SSSR count). The van der Waals surface area contributed by atoms with Crippen LogP contribution in [0.3, 0.4) is 0 Å². The van der Waals surface area contributed by atoms with Gasteiger partial charge < -0.3 is 10.1 Å². The Morgan fingerprint density at radius 1 is 1.13 bits per heavy atom. The van der Waals surface area contributed by atoms with Gasteiger partial charge in [0.15, 0.2) is 6.61 Å². The molecule has 0 unspecified atom stereocenters. The van der Waals surface area contributed by atoms with E-state index in [1.165, 1.54) is 31.2 Å². The number of nitrogens with one attached hydrogen (secondary N) is 1. The molecule has 2 saturated carbocycles. The Kier molecular flexibility index (Phi) is 5.73. The van der Waals surface area contributed by atoms with E-state index in [4.69, 9.17) is 4.74 Å². The molecule has 0 radical (unpaired) electrons. The smallest absolute Gasteiger partial charge is 0.329 e. The summed E-state index contributed by atoms with van der Waals surface area (Å²) < 4.78 is 17.9. The summed E-state index contributed by atoms with van der Waals surface area (Å²) in [4.78, 5) is 51.5. The standard InChI is InChI=1S/C20H19Br2FN2O5/c1-8(20(29)30-7-13(26)24-10-4-2-9(23)3-5-10)25-18(27)14-11-6-12(15(14)19(25)28)17(22)16(11)21/h2-5,8,11-12,14-17H,6-7H2,1H3,(H,24,26)/t8-,11-,12-,14-,15-,16-,17+/m1/s1. The number of carbonyl (C=O) groups is 4. The average Bonchev–Trinajstić information content (AvgIpc) is 3.32. The Hall–Kier alpha value is -1.81. The highest BCUT2D eigenvalue weighted by Gasteiger charge is 2.67. The first kappa shape index (κ1) is 21.4. The van der Waals surface area contributed by atoms with Gasteiger partial charge in [-0.3, -0.25) is 19.3 Å². The lowest BCUT2D eigenvalue weighted by Crippen LogP contribution is -2.45. The number of imide groups is 1. The summed E-state index contributed by atoms with van der Waals surface area (Å²) in [7, 11) is 0. The molecule has 10 heteroatoms. The number of carbonyl (C=O) groups excluding carboxylic acids is 4. The van der Waals surface area contributed by atoms with Crippen molar-refractivity contribution in [2.24, 2.45) is 23.7 Å². The lowest BCUT2D eigenvalue weighted by Gasteiger charge is -2.28. The number of anilines is 1. The summed E-state index contributed by atoms with van der Waals surface area (Å²) in [6, 6.07) is 4.01. The number of ether oxygens (including phenoxy) is 1. The fraction of sp³-hybridized carbons (Fsp3) is 0.500. The van der Waals surface area contributed by atoms with Gasteiger partial charge in [0, 0.05) is 15.3 Å². The molecule has 1 heterocycles. The SMILES string of the molecule is C[C@H](C(=O)OCC(=O)Nc1ccc(F)cc1)N1C(=O)[C@@H]2[C@H]3C[C@@H]([C@@H](Br)[C@H]3Br)[C@H]2C1=O. The number of halogens is 3. The van der Waals surface area contributed by atoms with Crippen LogP contribution in [0.4, 0.5) is 10.1 Å². The predicted molar refractivity (Wildman–Crippen MR) is 111 cm³/mol. The number of nitrogens with zero attached hydrogens (tertiary/aromatic N) is 1. The van der Waals surface area contributed by atoms with Gasteiger partial charge in [-0.15, -0.1) is 0 Å². The molecular formula is C20H19Br2FN2O5. The summed E-state index contributed by atoms with van der Waals surface area (Å²) in [5.41, 5.74) is 0.354. The van der Waals surface area contributed by atoms with Crippen molar-refractivity contribution in [2.75, 3.05) is 11.9 Å². The Bertz CT molecular complexity index is 879. The molecule has 1 aliphatic heterocycles. The third-order valence-electron chi connectivity index (χ3n) is 6.22. The van der Waals surface area contributed by atoms with Crippen LogP contribution in [0.25, 0.3) is 0 Å². The maximum Gasteiger partial charge on any atom is 0.329 e. The number of rotatable bonds is 5. The molecule has 0 spiro atoms. The second-order valence-corrected chi connectivity index (χ2v) is 10.0. The predicted octanol–water partition coefficient (Wildman–Crippen LogP) is 2.47. The van der Waals surface area contributed by atoms with E-state index in [1.54, 1.807) is 0 Å². The van der Waals surface area contributed by atoms with E-state index in [-0.39, 0.29) is 33.3 Å². The maximum absolute atomic E-state index is 12.9. The molecule has 1 aromatic rings. The number of benzene rings is 1. The molecule has 3 fully saturated rings. The molecular weight excluding hydrogens is 527 g/mol. The van der Waals surface area contributed by atoms with Gasteiger partial charge in [0.05, 0.1) is 11.8 Å². The topological polar surface area (TPSA) is 92.8 Å². The molecule has 30 heavy (non-hydrogen) atoms. The second-order valence-electron chi connectivity index (χ2n) is 7.89. The molecule has 7 atom stereocenters. The first-order valence-corrected chi connectivity index (χ1v) is 11.4. The third kappa shape index (κ3) is 3.47. The molecule has 160 valence electrons. The van der Waals surface area contributed by atoms with Crippen LogP contribution in [0.5, 0.6) is 0 Å². The van der Waals surface area contributed by atoms with Crippen LogP contribution in [-0.2, 0) is 23.9 Å². The molecule has 1 saturated heterocycles. The number of fused-ring (bicyclic) bond motifs is 5. The summed E-state index contributed by atoms with van der Waals surface area (Å²) in [6.07, 6.45) is 0.800. The van der Waals surface area contributed by atoms with Crippen LogP contribution in [0.15, 0.2) is 24.3 Å². The van der Waals surface area contributed by atoms with Crippen molar-refractivity contribution in [1.82, 2.24) is 4.90 Å². The molecule has 3 aliphatic rings. The third-order valence-corrected chi connectivity index (χ3v) is 9.43. The fourth-order valence-corrected chi connectivity index (χ4v) is 6.72. The van der Waals surface area contributed by atoms with Gasteiger partial charge in [-0.05, 0) is 49.4 Å². The number of hydrogen-bond donors (Lipinski definition) is 1. The molecule has 2 bridgehead atoms. The van der Waals surface area contributed by atoms with Crippen LogP contribution < -0.4 is 5.32 Å². The molecule has 3 amide bonds. The summed E-state index contributed by atoms with van der Waals surface area (Å²) in [5, 5.41) is 2.47. The van der Waals surface area contributed by atoms with Crippen LogP contribution >= 0.6 is 31.9 Å². The van der Waals surface area contributed by atoms with Gasteiger partial charge in [0.25, 0.3) is 5.91 Å². The van der Waals surface area contributed by atoms with Crippen molar-refractivity contribution in [3.8, 4) is 0 Å². The largest absolute Gasteiger partial charge is 0.454 e.